The van der Waals surface area contributed by atoms with Gasteiger partial charge in [0, 0.05) is 22.9 Å². The molecular formula is C18H17ClN4O4S2. The van der Waals surface area contributed by atoms with Crippen molar-refractivity contribution in [2.24, 2.45) is 5.16 Å². The molecule has 3 rings (SSSR count). The van der Waals surface area contributed by atoms with E-state index in [0.717, 1.165) is 17.3 Å². The SMILES string of the molecule is CON=C(C(=O)NN1CC(=O)SC1c1ccc(Cl)cc1)c1csc(NC(C)=O)c1. The number of nitrogens with zero attached hydrogens (tertiary/aromatic N) is 2. The van der Waals surface area contributed by atoms with E-state index in [1.165, 1.54) is 25.4 Å². The molecular weight excluding hydrogens is 436 g/mol. The normalized spacial score (nSPS) is 17.3. The van der Waals surface area contributed by atoms with Crippen LogP contribution in [0.5, 0.6) is 0 Å². The van der Waals surface area contributed by atoms with Gasteiger partial charge < -0.3 is 10.2 Å². The molecule has 2 N–H and O–H groups in total. The lowest BCUT2D eigenvalue weighted by Gasteiger charge is -2.23. The Bertz CT molecular complexity index is 961. The van der Waals surface area contributed by atoms with Gasteiger partial charge in [-0.2, -0.15) is 5.01 Å². The molecule has 1 aromatic carbocycles. The van der Waals surface area contributed by atoms with Crippen molar-refractivity contribution in [2.45, 2.75) is 12.3 Å². The first kappa shape index (κ1) is 21.3. The van der Waals surface area contributed by atoms with E-state index in [0.29, 0.717) is 15.6 Å². The maximum absolute atomic E-state index is 12.9. The summed E-state index contributed by atoms with van der Waals surface area (Å²) < 4.78 is 0. The summed E-state index contributed by atoms with van der Waals surface area (Å²) in [5, 5.41) is 10.4. The van der Waals surface area contributed by atoms with Crippen molar-refractivity contribution in [1.82, 2.24) is 10.4 Å². The van der Waals surface area contributed by atoms with Gasteiger partial charge in [-0.3, -0.25) is 19.8 Å². The van der Waals surface area contributed by atoms with Crippen LogP contribution >= 0.6 is 34.7 Å². The van der Waals surface area contributed by atoms with Gasteiger partial charge in [-0.05, 0) is 23.8 Å². The number of hydrogen-bond acceptors (Lipinski definition) is 8. The summed E-state index contributed by atoms with van der Waals surface area (Å²) in [4.78, 5) is 40.9. The van der Waals surface area contributed by atoms with Crippen LogP contribution in [0.1, 0.15) is 23.4 Å². The molecule has 0 bridgehead atoms. The summed E-state index contributed by atoms with van der Waals surface area (Å²) in [6.45, 7) is 1.44. The van der Waals surface area contributed by atoms with Crippen molar-refractivity contribution in [3.8, 4) is 0 Å². The summed E-state index contributed by atoms with van der Waals surface area (Å²) in [5.41, 5.74) is 4.08. The summed E-state index contributed by atoms with van der Waals surface area (Å²) in [6, 6.07) is 8.70. The van der Waals surface area contributed by atoms with Crippen LogP contribution in [0.15, 0.2) is 40.9 Å². The van der Waals surface area contributed by atoms with Crippen molar-refractivity contribution in [3.05, 3.63) is 51.9 Å². The Morgan fingerprint density at radius 1 is 1.31 bits per heavy atom. The maximum atomic E-state index is 12.9. The zero-order chi connectivity index (χ0) is 21.0. The number of thiophene rings is 1. The lowest BCUT2D eigenvalue weighted by Crippen LogP contribution is -2.45. The molecule has 8 nitrogen and oxygen atoms in total. The van der Waals surface area contributed by atoms with Gasteiger partial charge in [0.25, 0.3) is 5.91 Å². The number of nitrogens with one attached hydrogen (secondary N) is 2. The maximum Gasteiger partial charge on any atom is 0.288 e. The monoisotopic (exact) mass is 452 g/mol. The predicted octanol–water partition coefficient (Wildman–Crippen LogP) is 3.02. The Kier molecular flexibility index (Phi) is 6.91. The number of hydrogen-bond donors (Lipinski definition) is 2. The molecule has 2 amide bonds. The summed E-state index contributed by atoms with van der Waals surface area (Å²) in [6.07, 6.45) is 0. The molecule has 29 heavy (non-hydrogen) atoms. The number of oxime groups is 1. The van der Waals surface area contributed by atoms with Crippen molar-refractivity contribution >= 4 is 62.3 Å². The van der Waals surface area contributed by atoms with Gasteiger partial charge in [0.2, 0.25) is 11.0 Å². The highest BCUT2D eigenvalue weighted by atomic mass is 35.5. The van der Waals surface area contributed by atoms with Crippen molar-refractivity contribution < 1.29 is 19.2 Å². The van der Waals surface area contributed by atoms with Crippen LogP contribution in [0.3, 0.4) is 0 Å². The van der Waals surface area contributed by atoms with Crippen LogP contribution < -0.4 is 10.7 Å². The van der Waals surface area contributed by atoms with Crippen LogP contribution in [-0.2, 0) is 19.2 Å². The fourth-order valence-corrected chi connectivity index (χ4v) is 4.59. The highest BCUT2D eigenvalue weighted by molar-refractivity contribution is 8.14. The number of thioether (sulfide) groups is 1. The molecule has 0 spiro atoms. The summed E-state index contributed by atoms with van der Waals surface area (Å²) in [7, 11) is 1.33. The zero-order valence-electron chi connectivity index (χ0n) is 15.5. The molecule has 1 unspecified atom stereocenters. The molecule has 0 radical (unpaired) electrons. The third-order valence-electron chi connectivity index (χ3n) is 3.80. The molecule has 1 aliphatic rings. The van der Waals surface area contributed by atoms with Gasteiger partial charge in [0.1, 0.15) is 12.5 Å². The molecule has 2 heterocycles. The fourth-order valence-electron chi connectivity index (χ4n) is 2.62. The van der Waals surface area contributed by atoms with Crippen molar-refractivity contribution in [3.63, 3.8) is 0 Å². The molecule has 1 aliphatic heterocycles. The van der Waals surface area contributed by atoms with E-state index in [9.17, 15) is 14.4 Å². The Hall–Kier alpha value is -2.40. The third-order valence-corrected chi connectivity index (χ3v) is 6.04. The van der Waals surface area contributed by atoms with Crippen LogP contribution in [0.25, 0.3) is 0 Å². The first-order chi connectivity index (χ1) is 13.9. The first-order valence-corrected chi connectivity index (χ1v) is 10.5. The smallest absolute Gasteiger partial charge is 0.288 e. The lowest BCUT2D eigenvalue weighted by molar-refractivity contribution is -0.120. The van der Waals surface area contributed by atoms with E-state index in [4.69, 9.17) is 16.4 Å². The average Bonchev–Trinajstić information content (AvgIpc) is 3.26. The van der Waals surface area contributed by atoms with Gasteiger partial charge in [-0.1, -0.05) is 40.7 Å². The molecule has 1 aromatic heterocycles. The number of hydrazine groups is 1. The van der Waals surface area contributed by atoms with Gasteiger partial charge in [-0.25, -0.2) is 0 Å². The number of rotatable bonds is 6. The minimum absolute atomic E-state index is 0.0274. The number of carbonyl (C=O) groups excluding carboxylic acids is 3. The number of benzene rings is 1. The molecule has 11 heteroatoms. The molecule has 0 saturated carbocycles. The van der Waals surface area contributed by atoms with Gasteiger partial charge >= 0.3 is 0 Å². The lowest BCUT2D eigenvalue weighted by atomic mass is 10.2. The van der Waals surface area contributed by atoms with Crippen molar-refractivity contribution in [1.29, 1.82) is 0 Å². The molecule has 1 fully saturated rings. The van der Waals surface area contributed by atoms with E-state index >= 15 is 0 Å². The van der Waals surface area contributed by atoms with Crippen LogP contribution in [0, 0.1) is 0 Å². The molecule has 152 valence electrons. The number of carbonyl (C=O) groups is 3. The van der Waals surface area contributed by atoms with Gasteiger partial charge in [0.05, 0.1) is 11.5 Å². The predicted molar refractivity (Wildman–Crippen MR) is 114 cm³/mol. The van der Waals surface area contributed by atoms with E-state index < -0.39 is 5.91 Å². The van der Waals surface area contributed by atoms with Crippen LogP contribution in [0.4, 0.5) is 5.00 Å². The average molecular weight is 453 g/mol. The second-order valence-electron chi connectivity index (χ2n) is 5.97. The quantitative estimate of drug-likeness (QED) is 0.516. The van der Waals surface area contributed by atoms with Crippen molar-refractivity contribution in [2.75, 3.05) is 19.0 Å². The number of halogens is 1. The standard InChI is InChI=1S/C18H17ClN4O4S2/c1-10(24)20-14-7-12(9-28-14)16(22-27-2)17(26)21-23-8-15(25)29-18(23)11-3-5-13(19)6-4-11/h3-7,9,18H,8H2,1-2H3,(H,20,24)(H,21,26). The highest BCUT2D eigenvalue weighted by Crippen LogP contribution is 2.37. The Morgan fingerprint density at radius 3 is 2.69 bits per heavy atom. The van der Waals surface area contributed by atoms with Crippen LogP contribution in [-0.4, -0.2) is 41.3 Å². The Balaban J connectivity index is 1.79. The molecule has 1 atom stereocenters. The second kappa shape index (κ2) is 9.40. The van der Waals surface area contributed by atoms with E-state index in [1.807, 2.05) is 0 Å². The number of amides is 2. The topological polar surface area (TPSA) is 100 Å². The van der Waals surface area contributed by atoms with E-state index in [-0.39, 0.29) is 28.7 Å². The molecule has 2 aromatic rings. The molecule has 0 aliphatic carbocycles. The highest BCUT2D eigenvalue weighted by Gasteiger charge is 2.35. The second-order valence-corrected chi connectivity index (χ2v) is 8.45. The minimum Gasteiger partial charge on any atom is -0.398 e. The number of anilines is 1. The first-order valence-electron chi connectivity index (χ1n) is 8.37. The zero-order valence-corrected chi connectivity index (χ0v) is 17.9. The van der Waals surface area contributed by atoms with Crippen LogP contribution in [0.2, 0.25) is 5.02 Å². The van der Waals surface area contributed by atoms with E-state index in [1.54, 1.807) is 40.7 Å². The van der Waals surface area contributed by atoms with Gasteiger partial charge in [-0.15, -0.1) is 11.3 Å². The summed E-state index contributed by atoms with van der Waals surface area (Å²) in [5.74, 6) is -0.750. The van der Waals surface area contributed by atoms with E-state index in [2.05, 4.69) is 15.9 Å². The Labute approximate surface area is 180 Å². The minimum atomic E-state index is -0.534. The largest absolute Gasteiger partial charge is 0.398 e. The summed E-state index contributed by atoms with van der Waals surface area (Å²) >= 11 is 8.31. The molecule has 1 saturated heterocycles. The third kappa shape index (κ3) is 5.36. The Morgan fingerprint density at radius 2 is 2.03 bits per heavy atom. The fraction of sp³-hybridized carbons (Fsp3) is 0.222. The van der Waals surface area contributed by atoms with Gasteiger partial charge in [0.15, 0.2) is 5.71 Å².